The maximum Gasteiger partial charge on any atom is 0.217 e. The van der Waals surface area contributed by atoms with Crippen molar-refractivity contribution >= 4 is 11.8 Å². The van der Waals surface area contributed by atoms with Crippen LogP contribution in [0.5, 0.6) is 0 Å². The molecule has 0 aromatic rings. The van der Waals surface area contributed by atoms with Gasteiger partial charge in [0.05, 0.1) is 79.3 Å². The Balaban J connectivity index is 0.838. The molecule has 12 saturated heterocycles. The number of rotatable bonds is 36. The summed E-state index contributed by atoms with van der Waals surface area (Å²) in [6.07, 6.45) is -129. The van der Waals surface area contributed by atoms with Gasteiger partial charge in [0.1, 0.15) is 293 Å². The van der Waals surface area contributed by atoms with Crippen LogP contribution in [0, 0.1) is 0 Å². The number of carbonyl (C=O) groups excluding carboxylic acids is 2. The lowest BCUT2D eigenvalue weighted by Gasteiger charge is -2.51. The zero-order valence-corrected chi connectivity index (χ0v) is 73.4. The van der Waals surface area contributed by atoms with Crippen LogP contribution in [0.4, 0.5) is 0 Å². The molecule has 60 atom stereocenters. The van der Waals surface area contributed by atoms with Crippen molar-refractivity contribution < 1.29 is 302 Å². The standard InChI is InChI=1S/C76H128N2O61/c1-15(90)77-29-41(102)55(26(12-88)118-65(29)116)130-66-30(78-16(2)91)42(103)56(27(13-89)128-66)131-72-54(115)60(40(101)28(129-72)14-117-67-51(112)57(37(98)23(9-85)119-67)133-73-61(45(106)33(94)19(5-81)124-73)136-68-49(110)43(104)31(92)17(3-79)120-68)135-75-64(48(109)36(97)21(7-83)126-75)139-76-63(47(108)35(96)22(8-84)127-76)138-71-52(113)58(38(99)24(10-86)123-71)132-70-53(114)59(39(100)25(11-87)122-70)134-74-62(46(107)34(95)20(6-82)125-74)137-69-50(111)44(105)32(93)18(4-80)121-69/h17-76,79-89,92-116H,3-14H2,1-2H3,(H,77,90)(H,78,91)/t17-,18-,19-,20-,21-,22-,23-,24-,25-,26-,27-,28-,29-,30-,31-,32-,33-,34-,35-,36-,37-,38-,39-,40-,41-,42-,43+,44+,45+,46+,47+,48+,49+,50-,51+,52+,53-,54+,55-,56-,57+,58+,59+,60+,61+,62-,63+,64+,65?,66+,67+,68-,69-,70-,71-,72+,73-,74-,75-,76-/m1/s1. The molecule has 0 radical (unpaired) electrons. The van der Waals surface area contributed by atoms with Crippen molar-refractivity contribution in [3.05, 3.63) is 0 Å². The van der Waals surface area contributed by atoms with Crippen LogP contribution in [0.15, 0.2) is 0 Å². The molecule has 0 aromatic carbocycles. The molecular weight excluding hydrogens is 1920 g/mol. The van der Waals surface area contributed by atoms with E-state index in [2.05, 4.69) is 10.6 Å². The molecule has 12 aliphatic heterocycles. The van der Waals surface area contributed by atoms with Gasteiger partial charge in [-0.1, -0.05) is 0 Å². The first-order valence-electron chi connectivity index (χ1n) is 44.2. The Morgan fingerprint density at radius 3 is 0.698 bits per heavy atom. The maximum absolute atomic E-state index is 13.1. The average molecular weight is 2050 g/mol. The molecule has 12 rings (SSSR count). The molecule has 38 N–H and O–H groups in total. The van der Waals surface area contributed by atoms with Crippen LogP contribution in [-0.2, 0) is 119 Å². The molecule has 0 aromatic heterocycles. The van der Waals surface area contributed by atoms with Gasteiger partial charge >= 0.3 is 0 Å². The van der Waals surface area contributed by atoms with Gasteiger partial charge in [-0.05, 0) is 0 Å². The minimum atomic E-state index is -2.70. The van der Waals surface area contributed by atoms with Gasteiger partial charge in [0.2, 0.25) is 11.8 Å². The molecule has 12 fully saturated rings. The van der Waals surface area contributed by atoms with E-state index in [1.807, 2.05) is 0 Å². The summed E-state index contributed by atoms with van der Waals surface area (Å²) in [6.45, 7) is -12.2. The molecule has 63 nitrogen and oxygen atoms in total. The molecule has 2 amide bonds. The number of amides is 2. The van der Waals surface area contributed by atoms with Gasteiger partial charge in [-0.2, -0.15) is 0 Å². The summed E-state index contributed by atoms with van der Waals surface area (Å²) < 4.78 is 135. The molecule has 0 spiro atoms. The second-order valence-electron chi connectivity index (χ2n) is 35.1. The highest BCUT2D eigenvalue weighted by Crippen LogP contribution is 2.43. The third-order valence-electron chi connectivity index (χ3n) is 25.9. The second-order valence-corrected chi connectivity index (χ2v) is 35.1. The van der Waals surface area contributed by atoms with E-state index < -0.39 is 459 Å². The molecule has 139 heavy (non-hydrogen) atoms. The molecule has 0 saturated carbocycles. The first-order chi connectivity index (χ1) is 65.9. The van der Waals surface area contributed by atoms with Crippen molar-refractivity contribution in [2.75, 3.05) is 79.3 Å². The van der Waals surface area contributed by atoms with Crippen LogP contribution < -0.4 is 10.6 Å². The van der Waals surface area contributed by atoms with E-state index in [1.54, 1.807) is 0 Å². The molecule has 12 aliphatic rings. The lowest BCUT2D eigenvalue weighted by atomic mass is 9.94. The highest BCUT2D eigenvalue weighted by atomic mass is 16.8. The van der Waals surface area contributed by atoms with Gasteiger partial charge in [-0.15, -0.1) is 0 Å². The lowest BCUT2D eigenvalue weighted by Crippen LogP contribution is -2.70. The topological polar surface area (TPSA) is 999 Å². The number of aliphatic hydroxyl groups is 36. The minimum Gasteiger partial charge on any atom is -0.394 e. The Labute approximate surface area is 784 Å². The Bertz CT molecular complexity index is 3730. The van der Waals surface area contributed by atoms with E-state index in [9.17, 15) is 193 Å². The second kappa shape index (κ2) is 49.8. The molecule has 808 valence electrons. The molecule has 1 unspecified atom stereocenters. The largest absolute Gasteiger partial charge is 0.394 e. The molecule has 63 heteroatoms. The van der Waals surface area contributed by atoms with Crippen molar-refractivity contribution in [3.63, 3.8) is 0 Å². The number of hydrogen-bond donors (Lipinski definition) is 38. The lowest BCUT2D eigenvalue weighted by molar-refractivity contribution is -0.413. The van der Waals surface area contributed by atoms with Gasteiger partial charge < -0.3 is 303 Å². The SMILES string of the molecule is CC(=O)N[C@H]1[C@H](O[C@H]2[C@H](O)[C@@H](NC(C)=O)C(O)O[C@@H]2CO)O[C@H](CO)[C@@H](O[C@@H]2O[C@H](CO[C@H]3O[C@H](CO)[C@@H](O)[C@H](O[C@H]4O[C@H](CO)[C@@H](O)[C@H](O)[C@@H]4O[C@H]4O[C@H](CO)[C@@H](O)[C@H](O)[C@@H]4O)[C@@H]3O)[C@@H](O)[C@H](O[C@H]3O[C@H](CO)[C@@H](O)[C@H](O)[C@@H]3O[C@H]3O[C@H](CO)[C@@H](O)[C@H](O)[C@@H]3O[C@H]3O[C@H](CO)[C@@H](O)[C@H](O[C@H]4O[C@H](CO)[C@@H](O)[C@H](O[C@H]5O[C@H](CO)[C@@H](O)[C@H](O)[C@H]5O[C@H]5O[C@H](CO)[C@@H](O)[C@H](O)[C@H]5O)[C@H]4O)[C@@H]3O)[C@@H]2O)[C@@H]1O. The van der Waals surface area contributed by atoms with Crippen molar-refractivity contribution in [1.29, 1.82) is 0 Å². The Morgan fingerprint density at radius 2 is 0.388 bits per heavy atom. The van der Waals surface area contributed by atoms with E-state index >= 15 is 0 Å². The predicted octanol–water partition coefficient (Wildman–Crippen LogP) is -26.9. The molecule has 0 bridgehead atoms. The van der Waals surface area contributed by atoms with E-state index in [-0.39, 0.29) is 0 Å². The third-order valence-corrected chi connectivity index (χ3v) is 25.9. The average Bonchev–Trinajstić information content (AvgIpc) is 0.748. The van der Waals surface area contributed by atoms with Gasteiger partial charge in [-0.3, -0.25) is 9.59 Å². The van der Waals surface area contributed by atoms with E-state index in [4.69, 9.17) is 109 Å². The van der Waals surface area contributed by atoms with E-state index in [0.29, 0.717) is 0 Å². The molecule has 12 heterocycles. The fraction of sp³-hybridized carbons (Fsp3) is 0.974. The first kappa shape index (κ1) is 114. The Hall–Kier alpha value is -3.42. The zero-order chi connectivity index (χ0) is 102. The number of carbonyl (C=O) groups is 2. The van der Waals surface area contributed by atoms with Crippen LogP contribution in [0.1, 0.15) is 13.8 Å². The van der Waals surface area contributed by atoms with Crippen molar-refractivity contribution in [1.82, 2.24) is 10.6 Å². The van der Waals surface area contributed by atoms with E-state index in [0.717, 1.165) is 13.8 Å². The predicted molar refractivity (Wildman–Crippen MR) is 418 cm³/mol. The Morgan fingerprint density at radius 1 is 0.187 bits per heavy atom. The zero-order valence-electron chi connectivity index (χ0n) is 73.4. The van der Waals surface area contributed by atoms with Gasteiger partial charge in [0.25, 0.3) is 0 Å². The van der Waals surface area contributed by atoms with Crippen molar-refractivity contribution in [3.8, 4) is 0 Å². The summed E-state index contributed by atoms with van der Waals surface area (Å²) in [5.74, 6) is -1.82. The third kappa shape index (κ3) is 24.4. The molecule has 0 aliphatic carbocycles. The highest BCUT2D eigenvalue weighted by molar-refractivity contribution is 5.73. The molecular formula is C76H128N2O61. The monoisotopic (exact) mass is 2040 g/mol. The summed E-state index contributed by atoms with van der Waals surface area (Å²) >= 11 is 0. The summed E-state index contributed by atoms with van der Waals surface area (Å²) in [5, 5.41) is 408. The van der Waals surface area contributed by atoms with Gasteiger partial charge in [-0.25, -0.2) is 0 Å². The highest BCUT2D eigenvalue weighted by Gasteiger charge is 2.64. The van der Waals surface area contributed by atoms with Crippen LogP contribution in [0.2, 0.25) is 0 Å². The number of ether oxygens (including phenoxy) is 23. The first-order valence-corrected chi connectivity index (χ1v) is 44.2. The minimum absolute atomic E-state index is 0.825. The van der Waals surface area contributed by atoms with Crippen LogP contribution in [0.3, 0.4) is 0 Å². The summed E-state index contributed by atoms with van der Waals surface area (Å²) in [7, 11) is 0. The maximum atomic E-state index is 13.1. The fourth-order valence-corrected chi connectivity index (χ4v) is 18.0. The van der Waals surface area contributed by atoms with Gasteiger partial charge in [0, 0.05) is 13.8 Å². The number of aliphatic hydroxyl groups excluding tert-OH is 36. The summed E-state index contributed by atoms with van der Waals surface area (Å²) in [5.41, 5.74) is 0. The quantitative estimate of drug-likeness (QED) is 0.0277. The van der Waals surface area contributed by atoms with Crippen LogP contribution in [0.25, 0.3) is 0 Å². The Kier molecular flexibility index (Phi) is 41.0. The summed E-state index contributed by atoms with van der Waals surface area (Å²) in [4.78, 5) is 25.3. The van der Waals surface area contributed by atoms with Crippen LogP contribution >= 0.6 is 0 Å². The number of hydrogen-bond acceptors (Lipinski definition) is 61. The van der Waals surface area contributed by atoms with Crippen LogP contribution in [-0.4, -0.2) is 643 Å². The smallest absolute Gasteiger partial charge is 0.217 e. The normalized spacial score (nSPS) is 51.9. The van der Waals surface area contributed by atoms with Crippen molar-refractivity contribution in [2.24, 2.45) is 0 Å². The van der Waals surface area contributed by atoms with Crippen molar-refractivity contribution in [2.45, 2.75) is 382 Å². The summed E-state index contributed by atoms with van der Waals surface area (Å²) in [6, 6.07) is -3.70. The number of nitrogens with one attached hydrogen (secondary N) is 2. The fourth-order valence-electron chi connectivity index (χ4n) is 18.0. The van der Waals surface area contributed by atoms with E-state index in [1.165, 1.54) is 0 Å². The van der Waals surface area contributed by atoms with Gasteiger partial charge in [0.15, 0.2) is 75.5 Å².